The number of nitrogens with two attached hydrogens (primary N) is 2. The first-order chi connectivity index (χ1) is 12.4. The van der Waals surface area contributed by atoms with Gasteiger partial charge in [-0.1, -0.05) is 0 Å². The lowest BCUT2D eigenvalue weighted by atomic mass is 10.3. The molecule has 0 spiro atoms. The minimum atomic E-state index is 0.565. The molecule has 1 saturated heterocycles. The fourth-order valence-electron chi connectivity index (χ4n) is 2.56. The molecule has 1 aliphatic rings. The summed E-state index contributed by atoms with van der Waals surface area (Å²) in [6.45, 7) is 6.05. The zero-order chi connectivity index (χ0) is 18.0. The molecule has 1 heterocycles. The summed E-state index contributed by atoms with van der Waals surface area (Å²) in [5, 5.41) is 8.40. The maximum Gasteiger partial charge on any atom is 0.0303 e. The van der Waals surface area contributed by atoms with E-state index in [9.17, 15) is 0 Å². The topological polar surface area (TPSA) is 76.1 Å². The highest BCUT2D eigenvalue weighted by Crippen LogP contribution is 2.26. The summed E-state index contributed by atoms with van der Waals surface area (Å²) in [6, 6.07) is 0. The van der Waals surface area contributed by atoms with Crippen molar-refractivity contribution in [1.29, 1.82) is 0 Å². The van der Waals surface area contributed by atoms with Crippen molar-refractivity contribution in [2.24, 2.45) is 11.5 Å². The van der Waals surface area contributed by atoms with Gasteiger partial charge >= 0.3 is 0 Å². The van der Waals surface area contributed by atoms with E-state index in [0.29, 0.717) is 10.5 Å². The quantitative estimate of drug-likeness (QED) is 0.417. The van der Waals surface area contributed by atoms with Crippen molar-refractivity contribution in [1.82, 2.24) is 10.6 Å². The van der Waals surface area contributed by atoms with Gasteiger partial charge < -0.3 is 22.1 Å². The predicted molar refractivity (Wildman–Crippen MR) is 125 cm³/mol. The molecule has 1 fully saturated rings. The molecule has 0 aromatic heterocycles. The highest BCUT2D eigenvalue weighted by Gasteiger charge is 2.20. The number of rotatable bonds is 9. The van der Waals surface area contributed by atoms with Gasteiger partial charge in [-0.3, -0.25) is 0 Å². The van der Waals surface area contributed by atoms with Crippen LogP contribution in [0.4, 0.5) is 0 Å². The first kappa shape index (κ1) is 24.3. The van der Waals surface area contributed by atoms with E-state index in [1.807, 2.05) is 11.8 Å². The van der Waals surface area contributed by atoms with Gasteiger partial charge in [0, 0.05) is 48.2 Å². The van der Waals surface area contributed by atoms with Crippen molar-refractivity contribution in [3.05, 3.63) is 0 Å². The molecular formula is C17H38N4S4. The molecule has 0 aromatic carbocycles. The van der Waals surface area contributed by atoms with E-state index in [2.05, 4.69) is 45.9 Å². The van der Waals surface area contributed by atoms with Gasteiger partial charge in [0.25, 0.3) is 0 Å². The molecule has 4 nitrogen and oxygen atoms in total. The first-order valence-corrected chi connectivity index (χ1v) is 14.0. The van der Waals surface area contributed by atoms with Gasteiger partial charge in [0.05, 0.1) is 0 Å². The summed E-state index contributed by atoms with van der Waals surface area (Å²) < 4.78 is 0. The average Bonchev–Trinajstić information content (AvgIpc) is 2.63. The van der Waals surface area contributed by atoms with Crippen LogP contribution >= 0.6 is 47.0 Å². The van der Waals surface area contributed by atoms with E-state index in [1.165, 1.54) is 48.0 Å². The minimum absolute atomic E-state index is 0.565. The minimum Gasteiger partial charge on any atom is -0.330 e. The van der Waals surface area contributed by atoms with E-state index in [4.69, 9.17) is 11.5 Å². The monoisotopic (exact) mass is 426 g/mol. The molecule has 0 aromatic rings. The fraction of sp³-hybridized carbons (Fsp3) is 1.00. The number of hydrogen-bond acceptors (Lipinski definition) is 8. The van der Waals surface area contributed by atoms with Crippen molar-refractivity contribution in [2.45, 2.75) is 29.8 Å². The Morgan fingerprint density at radius 3 is 2.68 bits per heavy atom. The molecule has 0 bridgehead atoms. The lowest BCUT2D eigenvalue weighted by molar-refractivity contribution is 0.593. The Bertz CT molecular complexity index is 273. The molecule has 1 aliphatic heterocycles. The standard InChI is InChI=1S/C17H38N4S4/c18-4-12-22-8-2-10-24-16(14-19)17-15-21-6-1-5-20-7-13-23-9-3-11-25-17/h16-17,20-21H,1-15,18-19H2. The van der Waals surface area contributed by atoms with Crippen molar-refractivity contribution in [3.63, 3.8) is 0 Å². The predicted octanol–water partition coefficient (Wildman–Crippen LogP) is 1.94. The summed E-state index contributed by atoms with van der Waals surface area (Å²) in [4.78, 5) is 0. The Kier molecular flexibility index (Phi) is 18.1. The largest absolute Gasteiger partial charge is 0.330 e. The lowest BCUT2D eigenvalue weighted by Crippen LogP contribution is -2.38. The fourth-order valence-corrected chi connectivity index (χ4v) is 7.19. The normalized spacial score (nSPS) is 23.0. The van der Waals surface area contributed by atoms with Crippen LogP contribution in [0.3, 0.4) is 0 Å². The van der Waals surface area contributed by atoms with Gasteiger partial charge in [0.2, 0.25) is 0 Å². The summed E-state index contributed by atoms with van der Waals surface area (Å²) in [7, 11) is 0. The van der Waals surface area contributed by atoms with Gasteiger partial charge in [-0.05, 0) is 55.4 Å². The third-order valence-electron chi connectivity index (χ3n) is 3.91. The zero-order valence-electron chi connectivity index (χ0n) is 15.5. The zero-order valence-corrected chi connectivity index (χ0v) is 18.8. The Morgan fingerprint density at radius 1 is 0.960 bits per heavy atom. The highest BCUT2D eigenvalue weighted by molar-refractivity contribution is 8.04. The van der Waals surface area contributed by atoms with Crippen LogP contribution in [0, 0.1) is 0 Å². The second-order valence-electron chi connectivity index (χ2n) is 6.08. The summed E-state index contributed by atoms with van der Waals surface area (Å²) in [6.07, 6.45) is 3.78. The number of thioether (sulfide) groups is 4. The Labute approximate surface area is 172 Å². The lowest BCUT2D eigenvalue weighted by Gasteiger charge is -2.26. The molecule has 0 saturated carbocycles. The van der Waals surface area contributed by atoms with Crippen LogP contribution in [-0.2, 0) is 0 Å². The molecule has 2 unspecified atom stereocenters. The van der Waals surface area contributed by atoms with E-state index in [-0.39, 0.29) is 0 Å². The van der Waals surface area contributed by atoms with Crippen LogP contribution in [0.5, 0.6) is 0 Å². The average molecular weight is 427 g/mol. The Morgan fingerprint density at radius 2 is 1.84 bits per heavy atom. The summed E-state index contributed by atoms with van der Waals surface area (Å²) in [5.41, 5.74) is 11.7. The SMILES string of the molecule is NCCSCCCSC(CN)C1CNCCCNCCSCCCS1. The maximum absolute atomic E-state index is 6.13. The van der Waals surface area contributed by atoms with E-state index in [1.54, 1.807) is 0 Å². The van der Waals surface area contributed by atoms with Crippen LogP contribution < -0.4 is 22.1 Å². The van der Waals surface area contributed by atoms with Gasteiger partial charge in [-0.25, -0.2) is 0 Å². The molecule has 1 rings (SSSR count). The van der Waals surface area contributed by atoms with Crippen molar-refractivity contribution in [3.8, 4) is 0 Å². The van der Waals surface area contributed by atoms with Gasteiger partial charge in [-0.15, -0.1) is 0 Å². The highest BCUT2D eigenvalue weighted by atomic mass is 32.2. The smallest absolute Gasteiger partial charge is 0.0303 e. The van der Waals surface area contributed by atoms with Crippen LogP contribution in [-0.4, -0.2) is 84.3 Å². The first-order valence-electron chi connectivity index (χ1n) is 9.58. The second kappa shape index (κ2) is 18.6. The van der Waals surface area contributed by atoms with Gasteiger partial charge in [0.15, 0.2) is 0 Å². The Balaban J connectivity index is 2.32. The molecule has 6 N–H and O–H groups in total. The Hall–Kier alpha value is 1.24. The number of hydrogen-bond donors (Lipinski definition) is 4. The third kappa shape index (κ3) is 14.0. The molecule has 8 heteroatoms. The second-order valence-corrected chi connectivity index (χ2v) is 11.2. The molecule has 0 radical (unpaired) electrons. The molecule has 2 atom stereocenters. The molecule has 25 heavy (non-hydrogen) atoms. The molecule has 0 aliphatic carbocycles. The number of nitrogens with one attached hydrogen (secondary N) is 2. The van der Waals surface area contributed by atoms with E-state index in [0.717, 1.165) is 45.0 Å². The van der Waals surface area contributed by atoms with Gasteiger partial charge in [-0.2, -0.15) is 47.0 Å². The summed E-state index contributed by atoms with van der Waals surface area (Å²) in [5.74, 6) is 7.31. The third-order valence-corrected chi connectivity index (χ3v) is 9.18. The van der Waals surface area contributed by atoms with Crippen molar-refractivity contribution >= 4 is 47.0 Å². The van der Waals surface area contributed by atoms with Crippen LogP contribution in [0.2, 0.25) is 0 Å². The van der Waals surface area contributed by atoms with Crippen LogP contribution in [0.1, 0.15) is 19.3 Å². The van der Waals surface area contributed by atoms with Crippen LogP contribution in [0.15, 0.2) is 0 Å². The van der Waals surface area contributed by atoms with E-state index < -0.39 is 0 Å². The van der Waals surface area contributed by atoms with Crippen molar-refractivity contribution < 1.29 is 0 Å². The molecular weight excluding hydrogens is 388 g/mol. The van der Waals surface area contributed by atoms with Crippen LogP contribution in [0.25, 0.3) is 0 Å². The summed E-state index contributed by atoms with van der Waals surface area (Å²) >= 11 is 8.28. The molecule has 0 amide bonds. The van der Waals surface area contributed by atoms with Crippen molar-refractivity contribution in [2.75, 3.05) is 73.8 Å². The maximum atomic E-state index is 6.13. The van der Waals surface area contributed by atoms with E-state index >= 15 is 0 Å². The molecule has 150 valence electrons. The van der Waals surface area contributed by atoms with Gasteiger partial charge in [0.1, 0.15) is 0 Å².